The Bertz CT molecular complexity index is 491. The number of nitrogens with one attached hydrogen (secondary N) is 1. The van der Waals surface area contributed by atoms with Crippen LogP contribution in [-0.4, -0.2) is 20.1 Å². The maximum absolute atomic E-state index is 11.6. The van der Waals surface area contributed by atoms with E-state index < -0.39 is 10.0 Å². The summed E-state index contributed by atoms with van der Waals surface area (Å²) >= 11 is 5.48. The molecule has 0 aliphatic rings. The van der Waals surface area contributed by atoms with Crippen LogP contribution in [0.15, 0.2) is 24.3 Å². The van der Waals surface area contributed by atoms with E-state index in [-0.39, 0.29) is 5.75 Å². The van der Waals surface area contributed by atoms with E-state index in [1.54, 1.807) is 24.3 Å². The largest absolute Gasteiger partial charge is 0.284 e. The molecule has 1 aromatic rings. The fourth-order valence-corrected chi connectivity index (χ4v) is 2.60. The lowest BCUT2D eigenvalue weighted by Gasteiger charge is -2.07. The summed E-state index contributed by atoms with van der Waals surface area (Å²) in [7, 11) is -3.32. The van der Waals surface area contributed by atoms with Gasteiger partial charge in [0.15, 0.2) is 0 Å². The van der Waals surface area contributed by atoms with E-state index in [1.807, 2.05) is 6.07 Å². The lowest BCUT2D eigenvalue weighted by atomic mass is 10.2. The van der Waals surface area contributed by atoms with Gasteiger partial charge in [0.2, 0.25) is 10.0 Å². The van der Waals surface area contributed by atoms with Crippen molar-refractivity contribution in [2.24, 2.45) is 0 Å². The molecular formula is C11H13ClN2O2S. The SMILES string of the molecule is N#Cc1ccc(NS(=O)(=O)CCCCCl)cc1. The molecule has 0 saturated heterocycles. The molecule has 0 heterocycles. The molecule has 0 aromatic heterocycles. The van der Waals surface area contributed by atoms with E-state index in [2.05, 4.69) is 4.72 Å². The van der Waals surface area contributed by atoms with Crippen molar-refractivity contribution in [1.29, 1.82) is 5.26 Å². The fraction of sp³-hybridized carbons (Fsp3) is 0.364. The van der Waals surface area contributed by atoms with Crippen molar-refractivity contribution in [3.05, 3.63) is 29.8 Å². The predicted octanol–water partition coefficient (Wildman–Crippen LogP) is 2.32. The summed E-state index contributed by atoms with van der Waals surface area (Å²) < 4.78 is 25.7. The predicted molar refractivity (Wildman–Crippen MR) is 68.5 cm³/mol. The van der Waals surface area contributed by atoms with Gasteiger partial charge >= 0.3 is 0 Å². The van der Waals surface area contributed by atoms with Crippen LogP contribution in [0.25, 0.3) is 0 Å². The number of alkyl halides is 1. The molecule has 0 unspecified atom stereocenters. The Balaban J connectivity index is 2.60. The van der Waals surface area contributed by atoms with Crippen molar-refractivity contribution in [3.63, 3.8) is 0 Å². The van der Waals surface area contributed by atoms with Gasteiger partial charge in [0, 0.05) is 11.6 Å². The highest BCUT2D eigenvalue weighted by molar-refractivity contribution is 7.92. The third kappa shape index (κ3) is 5.07. The fourth-order valence-electron chi connectivity index (χ4n) is 1.23. The van der Waals surface area contributed by atoms with Crippen molar-refractivity contribution in [2.75, 3.05) is 16.4 Å². The average molecular weight is 273 g/mol. The van der Waals surface area contributed by atoms with Crippen LogP contribution in [0.5, 0.6) is 0 Å². The Morgan fingerprint density at radius 2 is 1.88 bits per heavy atom. The van der Waals surface area contributed by atoms with Crippen LogP contribution in [-0.2, 0) is 10.0 Å². The van der Waals surface area contributed by atoms with E-state index >= 15 is 0 Å². The van der Waals surface area contributed by atoms with Crippen LogP contribution >= 0.6 is 11.6 Å². The number of benzene rings is 1. The van der Waals surface area contributed by atoms with Crippen LogP contribution in [0.4, 0.5) is 5.69 Å². The number of rotatable bonds is 6. The van der Waals surface area contributed by atoms with Crippen LogP contribution < -0.4 is 4.72 Å². The molecule has 4 nitrogen and oxygen atoms in total. The zero-order valence-corrected chi connectivity index (χ0v) is 10.8. The molecule has 1 rings (SSSR count). The Kier molecular flexibility index (Phi) is 5.26. The molecule has 1 aromatic carbocycles. The molecule has 0 amide bonds. The van der Waals surface area contributed by atoms with Gasteiger partial charge < -0.3 is 0 Å². The minimum atomic E-state index is -3.32. The third-order valence-electron chi connectivity index (χ3n) is 2.08. The quantitative estimate of drug-likeness (QED) is 0.638. The summed E-state index contributed by atoms with van der Waals surface area (Å²) in [4.78, 5) is 0. The number of nitrogens with zero attached hydrogens (tertiary/aromatic N) is 1. The molecule has 0 bridgehead atoms. The van der Waals surface area contributed by atoms with Crippen molar-refractivity contribution in [1.82, 2.24) is 0 Å². The molecule has 0 aliphatic carbocycles. The van der Waals surface area contributed by atoms with Gasteiger partial charge in [-0.15, -0.1) is 11.6 Å². The van der Waals surface area contributed by atoms with Gasteiger partial charge in [-0.25, -0.2) is 8.42 Å². The van der Waals surface area contributed by atoms with E-state index in [0.29, 0.717) is 30.0 Å². The van der Waals surface area contributed by atoms with Crippen LogP contribution in [0, 0.1) is 11.3 Å². The third-order valence-corrected chi connectivity index (χ3v) is 3.72. The Hall–Kier alpha value is -1.25. The summed E-state index contributed by atoms with van der Waals surface area (Å²) in [6.07, 6.45) is 1.21. The van der Waals surface area contributed by atoms with Crippen molar-refractivity contribution in [2.45, 2.75) is 12.8 Å². The number of unbranched alkanes of at least 4 members (excludes halogenated alkanes) is 1. The first-order chi connectivity index (χ1) is 8.07. The van der Waals surface area contributed by atoms with Gasteiger partial charge in [0.1, 0.15) is 0 Å². The van der Waals surface area contributed by atoms with Gasteiger partial charge in [-0.3, -0.25) is 4.72 Å². The molecule has 17 heavy (non-hydrogen) atoms. The maximum Gasteiger partial charge on any atom is 0.232 e. The monoisotopic (exact) mass is 272 g/mol. The minimum Gasteiger partial charge on any atom is -0.284 e. The molecule has 6 heteroatoms. The van der Waals surface area contributed by atoms with Crippen LogP contribution in [0.2, 0.25) is 0 Å². The summed E-state index contributed by atoms with van der Waals surface area (Å²) in [5.41, 5.74) is 0.963. The minimum absolute atomic E-state index is 0.0553. The van der Waals surface area contributed by atoms with E-state index in [4.69, 9.17) is 16.9 Å². The highest BCUT2D eigenvalue weighted by Crippen LogP contribution is 2.11. The molecule has 92 valence electrons. The zero-order valence-electron chi connectivity index (χ0n) is 9.19. The second-order valence-corrected chi connectivity index (χ2v) is 5.73. The normalized spacial score (nSPS) is 10.8. The molecule has 0 aliphatic heterocycles. The lowest BCUT2D eigenvalue weighted by Crippen LogP contribution is -2.16. The maximum atomic E-state index is 11.6. The zero-order chi connectivity index (χ0) is 12.7. The number of sulfonamides is 1. The second-order valence-electron chi connectivity index (χ2n) is 3.51. The van der Waals surface area contributed by atoms with E-state index in [1.165, 1.54) is 0 Å². The first kappa shape index (κ1) is 13.8. The van der Waals surface area contributed by atoms with Crippen molar-refractivity contribution >= 4 is 27.3 Å². The van der Waals surface area contributed by atoms with Crippen LogP contribution in [0.3, 0.4) is 0 Å². The molecule has 0 radical (unpaired) electrons. The Labute approximate surface area is 106 Å². The van der Waals surface area contributed by atoms with Gasteiger partial charge in [-0.1, -0.05) is 0 Å². The van der Waals surface area contributed by atoms with E-state index in [0.717, 1.165) is 0 Å². The molecular weight excluding hydrogens is 260 g/mol. The van der Waals surface area contributed by atoms with Crippen molar-refractivity contribution < 1.29 is 8.42 Å². The summed E-state index contributed by atoms with van der Waals surface area (Å²) in [6, 6.07) is 8.23. The Morgan fingerprint density at radius 1 is 1.24 bits per heavy atom. The lowest BCUT2D eigenvalue weighted by molar-refractivity contribution is 0.598. The van der Waals surface area contributed by atoms with Crippen LogP contribution in [0.1, 0.15) is 18.4 Å². The molecule has 0 spiro atoms. The summed E-state index contributed by atoms with van der Waals surface area (Å²) in [5.74, 6) is 0.520. The first-order valence-corrected chi connectivity index (χ1v) is 7.33. The average Bonchev–Trinajstić information content (AvgIpc) is 2.30. The molecule has 0 fully saturated rings. The first-order valence-electron chi connectivity index (χ1n) is 5.14. The number of anilines is 1. The van der Waals surface area contributed by atoms with Gasteiger partial charge in [0.25, 0.3) is 0 Å². The van der Waals surface area contributed by atoms with E-state index in [9.17, 15) is 8.42 Å². The highest BCUT2D eigenvalue weighted by atomic mass is 35.5. The second kappa shape index (κ2) is 6.48. The standard InChI is InChI=1S/C11H13ClN2O2S/c12-7-1-2-8-17(15,16)14-11-5-3-10(9-13)4-6-11/h3-6,14H,1-2,7-8H2. The van der Waals surface area contributed by atoms with Crippen molar-refractivity contribution in [3.8, 4) is 6.07 Å². The summed E-state index contributed by atoms with van der Waals surface area (Å²) in [6.45, 7) is 0. The number of nitriles is 1. The smallest absolute Gasteiger partial charge is 0.232 e. The number of hydrogen-bond donors (Lipinski definition) is 1. The molecule has 0 saturated carbocycles. The molecule has 0 atom stereocenters. The van der Waals surface area contributed by atoms with Gasteiger partial charge in [0.05, 0.1) is 17.4 Å². The highest BCUT2D eigenvalue weighted by Gasteiger charge is 2.09. The molecule has 1 N–H and O–H groups in total. The van der Waals surface area contributed by atoms with Gasteiger partial charge in [-0.2, -0.15) is 5.26 Å². The topological polar surface area (TPSA) is 70.0 Å². The summed E-state index contributed by atoms with van der Waals surface area (Å²) in [5, 5.41) is 8.60. The van der Waals surface area contributed by atoms with Gasteiger partial charge in [-0.05, 0) is 37.1 Å². The number of halogens is 1. The number of hydrogen-bond acceptors (Lipinski definition) is 3. The Morgan fingerprint density at radius 3 is 2.41 bits per heavy atom.